The summed E-state index contributed by atoms with van der Waals surface area (Å²) in [6.45, 7) is 5.06. The second kappa shape index (κ2) is 12.9. The molecule has 0 radical (unpaired) electrons. The van der Waals surface area contributed by atoms with Crippen LogP contribution in [-0.4, -0.2) is 53.6 Å². The molecule has 1 aliphatic rings. The van der Waals surface area contributed by atoms with Crippen molar-refractivity contribution in [3.8, 4) is 0 Å². The van der Waals surface area contributed by atoms with E-state index in [1.165, 1.54) is 31.3 Å². The van der Waals surface area contributed by atoms with E-state index in [1.807, 2.05) is 6.92 Å². The van der Waals surface area contributed by atoms with Gasteiger partial charge in [-0.15, -0.1) is 0 Å². The van der Waals surface area contributed by atoms with Crippen LogP contribution in [0.2, 0.25) is 0 Å². The van der Waals surface area contributed by atoms with Crippen molar-refractivity contribution < 1.29 is 42.0 Å². The van der Waals surface area contributed by atoms with Crippen LogP contribution >= 0.6 is 0 Å². The molecule has 1 aliphatic heterocycles. The Kier molecular flexibility index (Phi) is 10.7. The van der Waals surface area contributed by atoms with Gasteiger partial charge in [0.25, 0.3) is 11.8 Å². The summed E-state index contributed by atoms with van der Waals surface area (Å²) in [7, 11) is 1.41. The molecule has 0 saturated carbocycles. The van der Waals surface area contributed by atoms with Crippen molar-refractivity contribution in [1.82, 2.24) is 4.90 Å². The molecule has 3 rings (SSSR count). The minimum atomic E-state index is -3.47. The molecule has 0 fully saturated rings. The molecule has 0 aromatic heterocycles. The molecule has 0 bridgehead atoms. The number of carbonyl (C=O) groups is 1. The molecule has 1 heterocycles. The number of nitrogens with zero attached hydrogens (tertiary/aromatic N) is 1. The SMILES string of the molecule is CCCC1OCC(F)(F)c2ccccc21.CN(CC(O)c1ccccc1C(F)(F)CO)C(=O)OC(C)(C)C. The molecule has 0 saturated heterocycles. The lowest BCUT2D eigenvalue weighted by Crippen LogP contribution is -2.37. The first-order chi connectivity index (χ1) is 17.6. The second-order valence-electron chi connectivity index (χ2n) is 10.2. The highest BCUT2D eigenvalue weighted by molar-refractivity contribution is 5.67. The number of fused-ring (bicyclic) bond motifs is 1. The molecular weight excluding hydrogens is 506 g/mol. The molecule has 2 N–H and O–H groups in total. The lowest BCUT2D eigenvalue weighted by Gasteiger charge is -2.31. The van der Waals surface area contributed by atoms with E-state index < -0.39 is 48.4 Å². The highest BCUT2D eigenvalue weighted by Gasteiger charge is 2.40. The average Bonchev–Trinajstić information content (AvgIpc) is 2.85. The van der Waals surface area contributed by atoms with Crippen molar-refractivity contribution >= 4 is 6.09 Å². The Bertz CT molecular complexity index is 1060. The molecule has 212 valence electrons. The molecule has 6 nitrogen and oxygen atoms in total. The molecule has 1 amide bonds. The van der Waals surface area contributed by atoms with Crippen LogP contribution in [0.4, 0.5) is 22.4 Å². The van der Waals surface area contributed by atoms with E-state index in [0.717, 1.165) is 23.8 Å². The Hall–Kier alpha value is -2.69. The summed E-state index contributed by atoms with van der Waals surface area (Å²) in [5.74, 6) is -6.30. The largest absolute Gasteiger partial charge is 0.444 e. The van der Waals surface area contributed by atoms with E-state index in [9.17, 15) is 27.5 Å². The number of hydrogen-bond donors (Lipinski definition) is 2. The van der Waals surface area contributed by atoms with Crippen LogP contribution in [0.15, 0.2) is 48.5 Å². The van der Waals surface area contributed by atoms with Gasteiger partial charge >= 0.3 is 6.09 Å². The van der Waals surface area contributed by atoms with E-state index >= 15 is 0 Å². The third-order valence-corrected chi connectivity index (χ3v) is 5.78. The number of hydrogen-bond acceptors (Lipinski definition) is 5. The zero-order chi connectivity index (χ0) is 28.7. The van der Waals surface area contributed by atoms with Crippen molar-refractivity contribution in [2.75, 3.05) is 26.8 Å². The predicted octanol–water partition coefficient (Wildman–Crippen LogP) is 6.32. The standard InChI is InChI=1S/C16H23F2NO4.C12H14F2O/c1-15(2,3)23-14(22)19(4)9-13(21)11-7-5-6-8-12(11)16(17,18)10-20;1-2-5-11-9-6-3-4-7-10(9)12(13,14)8-15-11/h5-8,13,20-21H,9-10H2,1-4H3;3-4,6-7,11H,2,5,8H2,1H3. The number of aliphatic hydroxyl groups is 2. The van der Waals surface area contributed by atoms with Crippen molar-refractivity contribution in [2.24, 2.45) is 0 Å². The van der Waals surface area contributed by atoms with Gasteiger partial charge in [-0.05, 0) is 38.3 Å². The van der Waals surface area contributed by atoms with Crippen molar-refractivity contribution in [2.45, 2.75) is 70.2 Å². The van der Waals surface area contributed by atoms with Gasteiger partial charge in [0.15, 0.2) is 0 Å². The lowest BCUT2D eigenvalue weighted by atomic mass is 9.93. The zero-order valence-electron chi connectivity index (χ0n) is 22.4. The first-order valence-corrected chi connectivity index (χ1v) is 12.4. The van der Waals surface area contributed by atoms with Gasteiger partial charge in [0.1, 0.15) is 18.8 Å². The number of ether oxygens (including phenoxy) is 2. The fourth-order valence-corrected chi connectivity index (χ4v) is 3.96. The molecule has 2 atom stereocenters. The minimum absolute atomic E-state index is 0.0399. The maximum Gasteiger partial charge on any atom is 0.410 e. The van der Waals surface area contributed by atoms with E-state index in [1.54, 1.807) is 39.0 Å². The van der Waals surface area contributed by atoms with E-state index in [-0.39, 0.29) is 23.8 Å². The molecule has 2 aromatic rings. The number of rotatable bonds is 7. The van der Waals surface area contributed by atoms with Gasteiger partial charge < -0.3 is 24.6 Å². The smallest absolute Gasteiger partial charge is 0.410 e. The third-order valence-electron chi connectivity index (χ3n) is 5.78. The molecule has 38 heavy (non-hydrogen) atoms. The Labute approximate surface area is 221 Å². The normalized spacial score (nSPS) is 17.5. The van der Waals surface area contributed by atoms with Crippen LogP contribution in [-0.2, 0) is 21.3 Å². The number of alkyl halides is 4. The molecule has 0 spiro atoms. The zero-order valence-corrected chi connectivity index (χ0v) is 22.4. The Balaban J connectivity index is 0.000000290. The van der Waals surface area contributed by atoms with Crippen LogP contribution in [0.5, 0.6) is 0 Å². The van der Waals surface area contributed by atoms with Crippen LogP contribution in [0, 0.1) is 0 Å². The molecule has 2 aromatic carbocycles. The Morgan fingerprint density at radius 3 is 2.37 bits per heavy atom. The summed E-state index contributed by atoms with van der Waals surface area (Å²) in [4.78, 5) is 13.0. The van der Waals surface area contributed by atoms with Gasteiger partial charge in [-0.2, -0.15) is 17.6 Å². The van der Waals surface area contributed by atoms with Crippen LogP contribution < -0.4 is 0 Å². The summed E-state index contributed by atoms with van der Waals surface area (Å²) < 4.78 is 64.8. The second-order valence-corrected chi connectivity index (χ2v) is 10.2. The average molecular weight is 544 g/mol. The van der Waals surface area contributed by atoms with Gasteiger partial charge in [-0.1, -0.05) is 61.9 Å². The van der Waals surface area contributed by atoms with Crippen molar-refractivity contribution in [1.29, 1.82) is 0 Å². The summed E-state index contributed by atoms with van der Waals surface area (Å²) >= 11 is 0. The number of benzene rings is 2. The van der Waals surface area contributed by atoms with Gasteiger partial charge in [-0.25, -0.2) is 4.79 Å². The van der Waals surface area contributed by atoms with E-state index in [4.69, 9.17) is 14.6 Å². The summed E-state index contributed by atoms with van der Waals surface area (Å²) in [5.41, 5.74) is -0.419. The van der Waals surface area contributed by atoms with Crippen LogP contribution in [0.1, 0.15) is 75.0 Å². The Morgan fingerprint density at radius 1 is 1.16 bits per heavy atom. The maximum atomic E-state index is 13.8. The predicted molar refractivity (Wildman–Crippen MR) is 135 cm³/mol. The van der Waals surface area contributed by atoms with Gasteiger partial charge in [-0.3, -0.25) is 0 Å². The number of halogens is 4. The molecule has 10 heteroatoms. The van der Waals surface area contributed by atoms with Crippen molar-refractivity contribution in [3.05, 3.63) is 70.8 Å². The number of carbonyl (C=O) groups excluding carboxylic acids is 1. The van der Waals surface area contributed by atoms with E-state index in [2.05, 4.69) is 0 Å². The van der Waals surface area contributed by atoms with Crippen LogP contribution in [0.3, 0.4) is 0 Å². The van der Waals surface area contributed by atoms with Gasteiger partial charge in [0.2, 0.25) is 0 Å². The lowest BCUT2D eigenvalue weighted by molar-refractivity contribution is -0.126. The van der Waals surface area contributed by atoms with E-state index in [0.29, 0.717) is 5.56 Å². The summed E-state index contributed by atoms with van der Waals surface area (Å²) in [6.07, 6.45) is -0.424. The summed E-state index contributed by atoms with van der Waals surface area (Å²) in [6, 6.07) is 12.1. The minimum Gasteiger partial charge on any atom is -0.444 e. The number of likely N-dealkylation sites (N-methyl/N-ethyl adjacent to an activating group) is 1. The fourth-order valence-electron chi connectivity index (χ4n) is 3.96. The summed E-state index contributed by atoms with van der Waals surface area (Å²) in [5, 5.41) is 19.0. The molecule has 0 aliphatic carbocycles. The highest BCUT2D eigenvalue weighted by Crippen LogP contribution is 2.41. The topological polar surface area (TPSA) is 79.2 Å². The fraction of sp³-hybridized carbons (Fsp3) is 0.536. The van der Waals surface area contributed by atoms with Gasteiger partial charge in [0, 0.05) is 18.2 Å². The molecular formula is C28H37F4NO5. The molecule has 2 unspecified atom stereocenters. The first-order valence-electron chi connectivity index (χ1n) is 12.4. The quantitative estimate of drug-likeness (QED) is 0.400. The van der Waals surface area contributed by atoms with Gasteiger partial charge in [0.05, 0.1) is 18.8 Å². The highest BCUT2D eigenvalue weighted by atomic mass is 19.3. The van der Waals surface area contributed by atoms with Crippen LogP contribution in [0.25, 0.3) is 0 Å². The third kappa shape index (κ3) is 8.41. The Morgan fingerprint density at radius 2 is 1.76 bits per heavy atom. The first kappa shape index (κ1) is 31.5. The number of aliphatic hydroxyl groups excluding tert-OH is 2. The van der Waals surface area contributed by atoms with Crippen molar-refractivity contribution in [3.63, 3.8) is 0 Å². The maximum absolute atomic E-state index is 13.8. The number of amides is 1. The monoisotopic (exact) mass is 543 g/mol.